The molecule has 0 saturated carbocycles. The quantitative estimate of drug-likeness (QED) is 0.673. The number of nitrogens with one attached hydrogen (secondary N) is 1. The minimum Gasteiger partial charge on any atom is -0.454 e. The van der Waals surface area contributed by atoms with E-state index in [0.717, 1.165) is 26.9 Å². The van der Waals surface area contributed by atoms with Gasteiger partial charge in [-0.15, -0.1) is 0 Å². The van der Waals surface area contributed by atoms with Crippen LogP contribution in [-0.2, 0) is 21.4 Å². The van der Waals surface area contributed by atoms with Gasteiger partial charge in [-0.1, -0.05) is 42.5 Å². The molecule has 1 N–H and O–H groups in total. The van der Waals surface area contributed by atoms with Crippen molar-refractivity contribution < 1.29 is 22.7 Å². The number of ether oxygens (including phenoxy) is 2. The molecule has 0 fully saturated rings. The van der Waals surface area contributed by atoms with Crippen molar-refractivity contribution in [1.82, 2.24) is 5.32 Å². The molecule has 29 heavy (non-hydrogen) atoms. The molecule has 4 rings (SSSR count). The highest BCUT2D eigenvalue weighted by Crippen LogP contribution is 2.36. The van der Waals surface area contributed by atoms with Gasteiger partial charge in [-0.05, 0) is 28.5 Å². The molecule has 1 aliphatic heterocycles. The largest absolute Gasteiger partial charge is 0.454 e. The van der Waals surface area contributed by atoms with Crippen molar-refractivity contribution in [2.24, 2.45) is 0 Å². The first-order valence-corrected chi connectivity index (χ1v) is 10.9. The maximum Gasteiger partial charge on any atom is 0.241 e. The predicted molar refractivity (Wildman–Crippen MR) is 111 cm³/mol. The van der Waals surface area contributed by atoms with E-state index >= 15 is 0 Å². The van der Waals surface area contributed by atoms with E-state index in [1.54, 1.807) is 18.2 Å². The fourth-order valence-electron chi connectivity index (χ4n) is 3.27. The van der Waals surface area contributed by atoms with E-state index in [1.165, 1.54) is 0 Å². The van der Waals surface area contributed by atoms with Gasteiger partial charge in [-0.2, -0.15) is 0 Å². The molecule has 3 aromatic carbocycles. The molecule has 0 aliphatic carbocycles. The minimum atomic E-state index is -3.67. The zero-order valence-corrected chi connectivity index (χ0v) is 16.6. The molecule has 150 valence electrons. The summed E-state index contributed by atoms with van der Waals surface area (Å²) in [5, 5.41) is 4.94. The van der Waals surface area contributed by atoms with Crippen LogP contribution in [0.15, 0.2) is 60.7 Å². The van der Waals surface area contributed by atoms with Crippen molar-refractivity contribution >= 4 is 32.4 Å². The third kappa shape index (κ3) is 4.12. The van der Waals surface area contributed by atoms with Crippen LogP contribution in [0.3, 0.4) is 0 Å². The van der Waals surface area contributed by atoms with Crippen LogP contribution in [-0.4, -0.2) is 33.9 Å². The number of benzene rings is 3. The van der Waals surface area contributed by atoms with E-state index in [4.69, 9.17) is 9.47 Å². The molecular weight excluding hydrogens is 392 g/mol. The zero-order chi connectivity index (χ0) is 20.4. The van der Waals surface area contributed by atoms with Crippen LogP contribution in [0.25, 0.3) is 10.8 Å². The second kappa shape index (κ2) is 7.63. The van der Waals surface area contributed by atoms with Crippen molar-refractivity contribution in [3.05, 3.63) is 66.2 Å². The predicted octanol–water partition coefficient (Wildman–Crippen LogP) is 2.65. The fraction of sp³-hybridized carbons (Fsp3) is 0.190. The number of rotatable bonds is 6. The Morgan fingerprint density at radius 1 is 1.03 bits per heavy atom. The number of sulfonamides is 1. The molecule has 0 radical (unpaired) electrons. The molecule has 7 nitrogen and oxygen atoms in total. The Morgan fingerprint density at radius 3 is 2.62 bits per heavy atom. The van der Waals surface area contributed by atoms with Gasteiger partial charge >= 0.3 is 0 Å². The van der Waals surface area contributed by atoms with Crippen LogP contribution < -0.4 is 19.1 Å². The lowest BCUT2D eigenvalue weighted by Crippen LogP contribution is -2.40. The lowest BCUT2D eigenvalue weighted by molar-refractivity contribution is -0.119. The molecule has 0 saturated heterocycles. The Hall–Kier alpha value is -3.26. The van der Waals surface area contributed by atoms with Gasteiger partial charge in [0.25, 0.3) is 0 Å². The summed E-state index contributed by atoms with van der Waals surface area (Å²) in [6.07, 6.45) is 1.07. The molecule has 0 aromatic heterocycles. The summed E-state index contributed by atoms with van der Waals surface area (Å²) in [7, 11) is -3.67. The van der Waals surface area contributed by atoms with Crippen LogP contribution in [0.2, 0.25) is 0 Å². The molecule has 1 amide bonds. The maximum absolute atomic E-state index is 12.5. The number of amides is 1. The van der Waals surface area contributed by atoms with Crippen LogP contribution >= 0.6 is 0 Å². The smallest absolute Gasteiger partial charge is 0.241 e. The summed E-state index contributed by atoms with van der Waals surface area (Å²) in [4.78, 5) is 12.5. The number of carbonyl (C=O) groups excluding carboxylic acids is 1. The van der Waals surface area contributed by atoms with Crippen LogP contribution in [0.1, 0.15) is 5.56 Å². The second-order valence-electron chi connectivity index (χ2n) is 6.72. The van der Waals surface area contributed by atoms with Crippen LogP contribution in [0, 0.1) is 0 Å². The van der Waals surface area contributed by atoms with Crippen molar-refractivity contribution in [2.75, 3.05) is 23.9 Å². The Kier molecular flexibility index (Phi) is 5.02. The standard InChI is InChI=1S/C21H20N2O5S/c1-29(25,26)23(17-9-10-19-20(11-17)28-14-27-19)13-21(24)22-12-16-7-4-6-15-5-2-3-8-18(15)16/h2-11H,12-14H2,1H3,(H,22,24). The number of hydrogen-bond acceptors (Lipinski definition) is 5. The summed E-state index contributed by atoms with van der Waals surface area (Å²) in [5.41, 5.74) is 1.31. The number of carbonyl (C=O) groups is 1. The SMILES string of the molecule is CS(=O)(=O)N(CC(=O)NCc1cccc2ccccc12)c1ccc2c(c1)OCO2. The average Bonchev–Trinajstić information content (AvgIpc) is 3.17. The highest BCUT2D eigenvalue weighted by atomic mass is 32.2. The van der Waals surface area contributed by atoms with E-state index in [1.807, 2.05) is 42.5 Å². The Labute approximate surface area is 168 Å². The first-order valence-electron chi connectivity index (χ1n) is 9.02. The number of nitrogens with zero attached hydrogens (tertiary/aromatic N) is 1. The van der Waals surface area contributed by atoms with Gasteiger partial charge in [0.1, 0.15) is 6.54 Å². The lowest BCUT2D eigenvalue weighted by atomic mass is 10.0. The first-order chi connectivity index (χ1) is 13.9. The Morgan fingerprint density at radius 2 is 1.79 bits per heavy atom. The maximum atomic E-state index is 12.5. The third-order valence-corrected chi connectivity index (χ3v) is 5.83. The summed E-state index contributed by atoms with van der Waals surface area (Å²) < 4.78 is 36.2. The molecule has 3 aromatic rings. The lowest BCUT2D eigenvalue weighted by Gasteiger charge is -2.22. The highest BCUT2D eigenvalue weighted by molar-refractivity contribution is 7.92. The number of fused-ring (bicyclic) bond motifs is 2. The monoisotopic (exact) mass is 412 g/mol. The summed E-state index contributed by atoms with van der Waals surface area (Å²) in [5.74, 6) is 0.593. The van der Waals surface area contributed by atoms with E-state index in [-0.39, 0.29) is 13.3 Å². The molecule has 8 heteroatoms. The van der Waals surface area contributed by atoms with Gasteiger partial charge in [0, 0.05) is 12.6 Å². The highest BCUT2D eigenvalue weighted by Gasteiger charge is 2.23. The van der Waals surface area contributed by atoms with Gasteiger partial charge < -0.3 is 14.8 Å². The zero-order valence-electron chi connectivity index (χ0n) is 15.8. The average molecular weight is 412 g/mol. The van der Waals surface area contributed by atoms with Crippen LogP contribution in [0.5, 0.6) is 11.5 Å². The third-order valence-electron chi connectivity index (χ3n) is 4.69. The molecule has 1 aliphatic rings. The van der Waals surface area contributed by atoms with E-state index < -0.39 is 15.9 Å². The van der Waals surface area contributed by atoms with E-state index in [2.05, 4.69) is 5.32 Å². The number of hydrogen-bond donors (Lipinski definition) is 1. The van der Waals surface area contributed by atoms with Crippen molar-refractivity contribution in [3.8, 4) is 11.5 Å². The van der Waals surface area contributed by atoms with E-state index in [9.17, 15) is 13.2 Å². The summed E-state index contributed by atoms with van der Waals surface area (Å²) in [6, 6.07) is 18.5. The van der Waals surface area contributed by atoms with Crippen molar-refractivity contribution in [3.63, 3.8) is 0 Å². The Bertz CT molecular complexity index is 1170. The molecular formula is C21H20N2O5S. The molecule has 1 heterocycles. The summed E-state index contributed by atoms with van der Waals surface area (Å²) >= 11 is 0. The molecule has 0 unspecified atom stereocenters. The molecule has 0 spiro atoms. The van der Waals surface area contributed by atoms with Gasteiger partial charge in [0.2, 0.25) is 22.7 Å². The van der Waals surface area contributed by atoms with Crippen molar-refractivity contribution in [2.45, 2.75) is 6.54 Å². The van der Waals surface area contributed by atoms with Crippen molar-refractivity contribution in [1.29, 1.82) is 0 Å². The topological polar surface area (TPSA) is 84.9 Å². The van der Waals surface area contributed by atoms with Gasteiger partial charge in [-0.3, -0.25) is 9.10 Å². The first kappa shape index (κ1) is 19.1. The van der Waals surface area contributed by atoms with Gasteiger partial charge in [-0.25, -0.2) is 8.42 Å². The molecule has 0 atom stereocenters. The summed E-state index contributed by atoms with van der Waals surface area (Å²) in [6.45, 7) is 0.0609. The number of anilines is 1. The van der Waals surface area contributed by atoms with Crippen LogP contribution in [0.4, 0.5) is 5.69 Å². The minimum absolute atomic E-state index is 0.0865. The molecule has 0 bridgehead atoms. The van der Waals surface area contributed by atoms with E-state index in [0.29, 0.717) is 23.7 Å². The normalized spacial score (nSPS) is 12.7. The second-order valence-corrected chi connectivity index (χ2v) is 8.63. The van der Waals surface area contributed by atoms with Gasteiger partial charge in [0.05, 0.1) is 11.9 Å². The Balaban J connectivity index is 1.50. The van der Waals surface area contributed by atoms with Gasteiger partial charge in [0.15, 0.2) is 11.5 Å². The fourth-order valence-corrected chi connectivity index (χ4v) is 4.12.